The predicted molar refractivity (Wildman–Crippen MR) is 97.4 cm³/mol. The lowest BCUT2D eigenvalue weighted by atomic mass is 10.1. The number of nitrogens with one attached hydrogen (secondary N) is 1. The minimum absolute atomic E-state index is 0.0782. The molecule has 0 spiro atoms. The third kappa shape index (κ3) is 4.96. The van der Waals surface area contributed by atoms with Crippen LogP contribution in [0.15, 0.2) is 71.1 Å². The van der Waals surface area contributed by atoms with E-state index < -0.39 is 0 Å². The molecule has 0 aliphatic rings. The molecule has 0 aliphatic carbocycles. The molecule has 5 heteroatoms. The van der Waals surface area contributed by atoms with Crippen molar-refractivity contribution in [2.75, 3.05) is 13.2 Å². The Labute approximate surface area is 151 Å². The summed E-state index contributed by atoms with van der Waals surface area (Å²) in [4.78, 5) is 11.9. The van der Waals surface area contributed by atoms with Crippen LogP contribution in [0, 0.1) is 5.82 Å². The summed E-state index contributed by atoms with van der Waals surface area (Å²) < 4.78 is 24.9. The lowest BCUT2D eigenvalue weighted by molar-refractivity contribution is -0.121. The first-order chi connectivity index (χ1) is 12.7. The van der Waals surface area contributed by atoms with E-state index in [0.717, 1.165) is 5.75 Å². The number of hydrogen-bond acceptors (Lipinski definition) is 3. The van der Waals surface area contributed by atoms with E-state index in [2.05, 4.69) is 5.32 Å². The van der Waals surface area contributed by atoms with E-state index in [1.807, 2.05) is 30.3 Å². The second kappa shape index (κ2) is 8.85. The molecule has 3 rings (SSSR count). The molecule has 0 saturated heterocycles. The fourth-order valence-electron chi connectivity index (χ4n) is 2.52. The van der Waals surface area contributed by atoms with Gasteiger partial charge >= 0.3 is 0 Å². The first kappa shape index (κ1) is 17.7. The minimum atomic E-state index is -0.329. The van der Waals surface area contributed by atoms with Crippen molar-refractivity contribution >= 4 is 5.91 Å². The van der Waals surface area contributed by atoms with Crippen molar-refractivity contribution in [1.82, 2.24) is 5.32 Å². The van der Waals surface area contributed by atoms with Crippen LogP contribution in [0.4, 0.5) is 4.39 Å². The summed E-state index contributed by atoms with van der Waals surface area (Å²) >= 11 is 0. The van der Waals surface area contributed by atoms with Gasteiger partial charge in [0.05, 0.1) is 12.1 Å². The molecule has 0 fully saturated rings. The van der Waals surface area contributed by atoms with Gasteiger partial charge in [-0.3, -0.25) is 4.79 Å². The molecule has 0 radical (unpaired) electrons. The zero-order valence-corrected chi connectivity index (χ0v) is 14.3. The van der Waals surface area contributed by atoms with Crippen molar-refractivity contribution in [1.29, 1.82) is 0 Å². The molecular formula is C21H20FNO3. The summed E-state index contributed by atoms with van der Waals surface area (Å²) in [6.45, 7) is 0.848. The largest absolute Gasteiger partial charge is 0.492 e. The molecule has 26 heavy (non-hydrogen) atoms. The van der Waals surface area contributed by atoms with E-state index >= 15 is 0 Å². The van der Waals surface area contributed by atoms with Crippen LogP contribution in [-0.2, 0) is 11.2 Å². The van der Waals surface area contributed by atoms with E-state index in [1.165, 1.54) is 6.07 Å². The van der Waals surface area contributed by atoms with Gasteiger partial charge in [-0.25, -0.2) is 4.39 Å². The van der Waals surface area contributed by atoms with Crippen molar-refractivity contribution in [3.05, 3.63) is 78.3 Å². The molecule has 3 aromatic rings. The van der Waals surface area contributed by atoms with Crippen molar-refractivity contribution in [2.24, 2.45) is 0 Å². The van der Waals surface area contributed by atoms with Crippen LogP contribution < -0.4 is 10.1 Å². The molecule has 1 N–H and O–H groups in total. The number of benzene rings is 2. The lowest BCUT2D eigenvalue weighted by Gasteiger charge is -2.07. The van der Waals surface area contributed by atoms with Gasteiger partial charge in [-0.2, -0.15) is 0 Å². The first-order valence-electron chi connectivity index (χ1n) is 8.50. The molecule has 0 unspecified atom stereocenters. The van der Waals surface area contributed by atoms with Gasteiger partial charge < -0.3 is 14.5 Å². The summed E-state index contributed by atoms with van der Waals surface area (Å²) in [7, 11) is 0. The predicted octanol–water partition coefficient (Wildman–Crippen LogP) is 4.21. The Bertz CT molecular complexity index is 845. The molecule has 0 atom stereocenters. The average molecular weight is 353 g/mol. The highest BCUT2D eigenvalue weighted by molar-refractivity contribution is 5.76. The number of carbonyl (C=O) groups is 1. The number of rotatable bonds is 8. The van der Waals surface area contributed by atoms with Gasteiger partial charge in [-0.05, 0) is 36.4 Å². The quantitative estimate of drug-likeness (QED) is 0.617. The number of furan rings is 1. The summed E-state index contributed by atoms with van der Waals surface area (Å²) in [5.41, 5.74) is 0.418. The molecule has 1 heterocycles. The van der Waals surface area contributed by atoms with Gasteiger partial charge in [0.1, 0.15) is 29.7 Å². The van der Waals surface area contributed by atoms with Gasteiger partial charge in [0.2, 0.25) is 5.91 Å². The molecule has 134 valence electrons. The molecule has 1 amide bonds. The number of hydrogen-bond donors (Lipinski definition) is 1. The van der Waals surface area contributed by atoms with Crippen LogP contribution in [0.1, 0.15) is 12.2 Å². The Balaban J connectivity index is 1.40. The normalized spacial score (nSPS) is 10.5. The fraction of sp³-hybridized carbons (Fsp3) is 0.190. The third-order valence-electron chi connectivity index (χ3n) is 3.84. The van der Waals surface area contributed by atoms with Crippen LogP contribution in [0.5, 0.6) is 5.75 Å². The Hall–Kier alpha value is -3.08. The lowest BCUT2D eigenvalue weighted by Crippen LogP contribution is -2.28. The monoisotopic (exact) mass is 353 g/mol. The van der Waals surface area contributed by atoms with Crippen molar-refractivity contribution in [3.63, 3.8) is 0 Å². The first-order valence-corrected chi connectivity index (χ1v) is 8.50. The molecule has 4 nitrogen and oxygen atoms in total. The zero-order chi connectivity index (χ0) is 18.2. The molecule has 0 bridgehead atoms. The van der Waals surface area contributed by atoms with E-state index in [0.29, 0.717) is 43.1 Å². The second-order valence-electron chi connectivity index (χ2n) is 5.76. The number of amides is 1. The van der Waals surface area contributed by atoms with Gasteiger partial charge in [0, 0.05) is 12.8 Å². The Morgan fingerprint density at radius 2 is 1.77 bits per heavy atom. The second-order valence-corrected chi connectivity index (χ2v) is 5.76. The van der Waals surface area contributed by atoms with Crippen LogP contribution in [0.3, 0.4) is 0 Å². The maximum Gasteiger partial charge on any atom is 0.220 e. The van der Waals surface area contributed by atoms with E-state index in [-0.39, 0.29) is 11.7 Å². The third-order valence-corrected chi connectivity index (χ3v) is 3.84. The molecule has 0 aliphatic heterocycles. The maximum atomic E-state index is 13.8. The van der Waals surface area contributed by atoms with Gasteiger partial charge in [0.25, 0.3) is 0 Å². The summed E-state index contributed by atoms with van der Waals surface area (Å²) in [5, 5.41) is 2.81. The molecule has 0 saturated carbocycles. The van der Waals surface area contributed by atoms with Crippen LogP contribution in [0.25, 0.3) is 11.3 Å². The zero-order valence-electron chi connectivity index (χ0n) is 14.3. The van der Waals surface area contributed by atoms with Crippen molar-refractivity contribution < 1.29 is 18.3 Å². The Morgan fingerprint density at radius 1 is 1.00 bits per heavy atom. The summed E-state index contributed by atoms with van der Waals surface area (Å²) in [6.07, 6.45) is 0.759. The smallest absolute Gasteiger partial charge is 0.220 e. The van der Waals surface area contributed by atoms with E-state index in [9.17, 15) is 9.18 Å². The summed E-state index contributed by atoms with van der Waals surface area (Å²) in [5.74, 6) is 1.49. The molecular weight excluding hydrogens is 333 g/mol. The van der Waals surface area contributed by atoms with Gasteiger partial charge in [-0.15, -0.1) is 0 Å². The van der Waals surface area contributed by atoms with Crippen molar-refractivity contribution in [3.8, 4) is 17.1 Å². The highest BCUT2D eigenvalue weighted by Crippen LogP contribution is 2.25. The van der Waals surface area contributed by atoms with Gasteiger partial charge in [0.15, 0.2) is 0 Å². The fourth-order valence-corrected chi connectivity index (χ4v) is 2.52. The highest BCUT2D eigenvalue weighted by atomic mass is 19.1. The Kier molecular flexibility index (Phi) is 6.04. The van der Waals surface area contributed by atoms with E-state index in [4.69, 9.17) is 9.15 Å². The summed E-state index contributed by atoms with van der Waals surface area (Å²) in [6, 6.07) is 19.4. The topological polar surface area (TPSA) is 51.5 Å². The standard InChI is InChI=1S/C21H20FNO3/c22-19-9-5-4-8-18(19)20-12-10-17(26-20)11-13-21(24)23-14-15-25-16-6-2-1-3-7-16/h1-10,12H,11,13-15H2,(H,23,24). The number of halogens is 1. The SMILES string of the molecule is O=C(CCc1ccc(-c2ccccc2F)o1)NCCOc1ccccc1. The van der Waals surface area contributed by atoms with Crippen LogP contribution >= 0.6 is 0 Å². The number of carbonyl (C=O) groups excluding carboxylic acids is 1. The number of aryl methyl sites for hydroxylation is 1. The number of para-hydroxylation sites is 1. The average Bonchev–Trinajstić information content (AvgIpc) is 3.13. The van der Waals surface area contributed by atoms with Gasteiger partial charge in [-0.1, -0.05) is 30.3 Å². The highest BCUT2D eigenvalue weighted by Gasteiger charge is 2.10. The van der Waals surface area contributed by atoms with Crippen molar-refractivity contribution in [2.45, 2.75) is 12.8 Å². The minimum Gasteiger partial charge on any atom is -0.492 e. The Morgan fingerprint density at radius 3 is 2.58 bits per heavy atom. The van der Waals surface area contributed by atoms with Crippen LogP contribution in [0.2, 0.25) is 0 Å². The molecule has 2 aromatic carbocycles. The number of ether oxygens (including phenoxy) is 1. The maximum absolute atomic E-state index is 13.8. The van der Waals surface area contributed by atoms with Crippen LogP contribution in [-0.4, -0.2) is 19.1 Å². The van der Waals surface area contributed by atoms with E-state index in [1.54, 1.807) is 30.3 Å². The molecule has 1 aromatic heterocycles.